The highest BCUT2D eigenvalue weighted by Gasteiger charge is 2.25. The lowest BCUT2D eigenvalue weighted by Crippen LogP contribution is -2.27. The van der Waals surface area contributed by atoms with Gasteiger partial charge >= 0.3 is 0 Å². The minimum Gasteiger partial charge on any atom is -0.368 e. The van der Waals surface area contributed by atoms with Crippen LogP contribution in [-0.2, 0) is 9.53 Å². The standard InChI is InChI=1S/C13H20N4O2/c18-12(11-7-4-8-19-11)15-13-14-9-17(16-13)10-5-2-1-3-6-10/h9-11H,1-8H2,(H,15,16,18)/t11-/m0/s1. The minimum absolute atomic E-state index is 0.126. The molecule has 0 aromatic carbocycles. The molecular weight excluding hydrogens is 244 g/mol. The normalized spacial score (nSPS) is 24.5. The number of hydrogen-bond acceptors (Lipinski definition) is 4. The van der Waals surface area contributed by atoms with E-state index in [1.54, 1.807) is 6.33 Å². The van der Waals surface area contributed by atoms with Gasteiger partial charge < -0.3 is 4.74 Å². The summed E-state index contributed by atoms with van der Waals surface area (Å²) in [5.41, 5.74) is 0. The molecule has 1 saturated carbocycles. The lowest BCUT2D eigenvalue weighted by molar-refractivity contribution is -0.124. The lowest BCUT2D eigenvalue weighted by atomic mass is 9.96. The molecule has 1 aliphatic carbocycles. The van der Waals surface area contributed by atoms with Crippen LogP contribution in [-0.4, -0.2) is 33.4 Å². The summed E-state index contributed by atoms with van der Waals surface area (Å²) in [7, 11) is 0. The molecule has 0 spiro atoms. The summed E-state index contributed by atoms with van der Waals surface area (Å²) >= 11 is 0. The minimum atomic E-state index is -0.332. The number of nitrogens with one attached hydrogen (secondary N) is 1. The molecule has 1 amide bonds. The van der Waals surface area contributed by atoms with Crippen molar-refractivity contribution in [2.75, 3.05) is 11.9 Å². The molecule has 1 aliphatic heterocycles. The summed E-state index contributed by atoms with van der Waals surface area (Å²) in [6, 6.07) is 0.439. The first-order chi connectivity index (χ1) is 9.33. The molecule has 3 rings (SSSR count). The van der Waals surface area contributed by atoms with E-state index in [-0.39, 0.29) is 12.0 Å². The topological polar surface area (TPSA) is 69.0 Å². The largest absolute Gasteiger partial charge is 0.368 e. The van der Waals surface area contributed by atoms with Crippen LogP contribution < -0.4 is 5.32 Å². The second-order valence-corrected chi connectivity index (χ2v) is 5.33. The van der Waals surface area contributed by atoms with Gasteiger partial charge in [-0.15, -0.1) is 5.10 Å². The molecule has 1 aromatic heterocycles. The van der Waals surface area contributed by atoms with Gasteiger partial charge in [0.15, 0.2) is 0 Å². The smallest absolute Gasteiger partial charge is 0.255 e. The van der Waals surface area contributed by atoms with Crippen molar-refractivity contribution >= 4 is 11.9 Å². The van der Waals surface area contributed by atoms with Crippen molar-refractivity contribution in [1.29, 1.82) is 0 Å². The zero-order valence-corrected chi connectivity index (χ0v) is 11.0. The Labute approximate surface area is 112 Å². The highest BCUT2D eigenvalue weighted by Crippen LogP contribution is 2.27. The molecule has 6 nitrogen and oxygen atoms in total. The average molecular weight is 264 g/mol. The number of amides is 1. The maximum Gasteiger partial charge on any atom is 0.255 e. The SMILES string of the molecule is O=C(Nc1ncn(C2CCCCC2)n1)[C@@H]1CCCO1. The zero-order chi connectivity index (χ0) is 13.1. The van der Waals surface area contributed by atoms with Gasteiger partial charge in [0.2, 0.25) is 5.95 Å². The molecule has 2 aliphatic rings. The first-order valence-corrected chi connectivity index (χ1v) is 7.16. The third kappa shape index (κ3) is 2.94. The maximum absolute atomic E-state index is 11.9. The molecule has 1 atom stereocenters. The second kappa shape index (κ2) is 5.69. The highest BCUT2D eigenvalue weighted by atomic mass is 16.5. The van der Waals surface area contributed by atoms with Crippen LogP contribution in [0.4, 0.5) is 5.95 Å². The summed E-state index contributed by atoms with van der Waals surface area (Å²) in [5, 5.41) is 7.10. The fourth-order valence-electron chi connectivity index (χ4n) is 2.83. The van der Waals surface area contributed by atoms with E-state index in [9.17, 15) is 4.79 Å². The molecule has 19 heavy (non-hydrogen) atoms. The first kappa shape index (κ1) is 12.6. The van der Waals surface area contributed by atoms with Gasteiger partial charge in [-0.2, -0.15) is 0 Å². The van der Waals surface area contributed by atoms with Crippen molar-refractivity contribution in [3.05, 3.63) is 6.33 Å². The van der Waals surface area contributed by atoms with Crippen LogP contribution in [0, 0.1) is 0 Å². The fourth-order valence-corrected chi connectivity index (χ4v) is 2.83. The molecule has 1 aromatic rings. The van der Waals surface area contributed by atoms with Crippen molar-refractivity contribution in [3.63, 3.8) is 0 Å². The summed E-state index contributed by atoms with van der Waals surface area (Å²) in [6.45, 7) is 0.669. The Kier molecular flexibility index (Phi) is 3.77. The Bertz CT molecular complexity index is 434. The third-order valence-electron chi connectivity index (χ3n) is 3.91. The number of rotatable bonds is 3. The van der Waals surface area contributed by atoms with E-state index in [1.165, 1.54) is 19.3 Å². The Balaban J connectivity index is 1.59. The van der Waals surface area contributed by atoms with E-state index >= 15 is 0 Å². The van der Waals surface area contributed by atoms with Gasteiger partial charge in [-0.05, 0) is 25.7 Å². The summed E-state index contributed by atoms with van der Waals surface area (Å²) in [4.78, 5) is 16.0. The fraction of sp³-hybridized carbons (Fsp3) is 0.769. The number of nitrogens with zero attached hydrogens (tertiary/aromatic N) is 3. The monoisotopic (exact) mass is 264 g/mol. The van der Waals surface area contributed by atoms with Crippen LogP contribution in [0.15, 0.2) is 6.33 Å². The van der Waals surface area contributed by atoms with Crippen LogP contribution in [0.3, 0.4) is 0 Å². The van der Waals surface area contributed by atoms with Crippen LogP contribution in [0.5, 0.6) is 0 Å². The zero-order valence-electron chi connectivity index (χ0n) is 11.0. The van der Waals surface area contributed by atoms with Gasteiger partial charge in [-0.1, -0.05) is 19.3 Å². The quantitative estimate of drug-likeness (QED) is 0.905. The molecule has 1 saturated heterocycles. The van der Waals surface area contributed by atoms with Crippen molar-refractivity contribution < 1.29 is 9.53 Å². The van der Waals surface area contributed by atoms with E-state index in [1.807, 2.05) is 4.68 Å². The lowest BCUT2D eigenvalue weighted by Gasteiger charge is -2.21. The number of aromatic nitrogens is 3. The Morgan fingerprint density at radius 1 is 1.26 bits per heavy atom. The van der Waals surface area contributed by atoms with E-state index in [4.69, 9.17) is 4.74 Å². The van der Waals surface area contributed by atoms with Gasteiger partial charge in [0, 0.05) is 6.61 Å². The number of carbonyl (C=O) groups excluding carboxylic acids is 1. The number of hydrogen-bond donors (Lipinski definition) is 1. The molecule has 2 heterocycles. The molecule has 0 radical (unpaired) electrons. The van der Waals surface area contributed by atoms with Crippen molar-refractivity contribution in [2.24, 2.45) is 0 Å². The summed E-state index contributed by atoms with van der Waals surface area (Å²) in [6.07, 6.45) is 9.25. The molecule has 0 unspecified atom stereocenters. The first-order valence-electron chi connectivity index (χ1n) is 7.16. The predicted molar refractivity (Wildman–Crippen MR) is 69.7 cm³/mol. The van der Waals surface area contributed by atoms with Crippen LogP contribution in [0.25, 0.3) is 0 Å². The van der Waals surface area contributed by atoms with Crippen molar-refractivity contribution in [3.8, 4) is 0 Å². The Morgan fingerprint density at radius 3 is 2.84 bits per heavy atom. The molecule has 0 bridgehead atoms. The number of anilines is 1. The van der Waals surface area contributed by atoms with E-state index < -0.39 is 0 Å². The van der Waals surface area contributed by atoms with Crippen molar-refractivity contribution in [2.45, 2.75) is 57.1 Å². The number of ether oxygens (including phenoxy) is 1. The predicted octanol–water partition coefficient (Wildman–Crippen LogP) is 1.90. The third-order valence-corrected chi connectivity index (χ3v) is 3.91. The molecule has 6 heteroatoms. The van der Waals surface area contributed by atoms with E-state index in [0.29, 0.717) is 18.6 Å². The highest BCUT2D eigenvalue weighted by molar-refractivity contribution is 5.92. The Hall–Kier alpha value is -1.43. The van der Waals surface area contributed by atoms with Crippen LogP contribution >= 0.6 is 0 Å². The number of carbonyl (C=O) groups is 1. The van der Waals surface area contributed by atoms with E-state index in [0.717, 1.165) is 25.7 Å². The molecule has 104 valence electrons. The average Bonchev–Trinajstić information content (AvgIpc) is 3.11. The van der Waals surface area contributed by atoms with Gasteiger partial charge in [-0.25, -0.2) is 9.67 Å². The second-order valence-electron chi connectivity index (χ2n) is 5.33. The maximum atomic E-state index is 11.9. The van der Waals surface area contributed by atoms with Crippen LogP contribution in [0.1, 0.15) is 51.0 Å². The molecule has 1 N–H and O–H groups in total. The summed E-state index contributed by atoms with van der Waals surface area (Å²) in [5.74, 6) is 0.268. The van der Waals surface area contributed by atoms with Gasteiger partial charge in [0.1, 0.15) is 12.4 Å². The molecular formula is C13H20N4O2. The molecule has 2 fully saturated rings. The van der Waals surface area contributed by atoms with Gasteiger partial charge in [-0.3, -0.25) is 10.1 Å². The van der Waals surface area contributed by atoms with E-state index in [2.05, 4.69) is 15.4 Å². The summed E-state index contributed by atoms with van der Waals surface area (Å²) < 4.78 is 7.23. The van der Waals surface area contributed by atoms with Gasteiger partial charge in [0.25, 0.3) is 5.91 Å². The Morgan fingerprint density at radius 2 is 2.11 bits per heavy atom. The van der Waals surface area contributed by atoms with Crippen LogP contribution in [0.2, 0.25) is 0 Å². The van der Waals surface area contributed by atoms with Gasteiger partial charge in [0.05, 0.1) is 6.04 Å². The van der Waals surface area contributed by atoms with Crippen molar-refractivity contribution in [1.82, 2.24) is 14.8 Å².